The van der Waals surface area contributed by atoms with Gasteiger partial charge in [-0.05, 0) is 25.0 Å². The lowest BCUT2D eigenvalue weighted by atomic mass is 10.1. The van der Waals surface area contributed by atoms with Gasteiger partial charge in [-0.3, -0.25) is 4.18 Å². The van der Waals surface area contributed by atoms with E-state index in [1.807, 2.05) is 30.3 Å². The number of hydrogen-bond acceptors (Lipinski definition) is 3. The van der Waals surface area contributed by atoms with Gasteiger partial charge in [0.05, 0.1) is 12.0 Å². The molecule has 15 heavy (non-hydrogen) atoms. The summed E-state index contributed by atoms with van der Waals surface area (Å²) in [5, 5.41) is 1.14. The summed E-state index contributed by atoms with van der Waals surface area (Å²) in [7, 11) is -3.54. The molecule has 0 N–H and O–H groups in total. The highest BCUT2D eigenvalue weighted by molar-refractivity contribution is 7.89. The van der Waals surface area contributed by atoms with Crippen LogP contribution in [0.3, 0.4) is 0 Å². The summed E-state index contributed by atoms with van der Waals surface area (Å²) in [5.41, 5.74) is 1.55. The fourth-order valence-electron chi connectivity index (χ4n) is 1.18. The molecule has 0 amide bonds. The smallest absolute Gasteiger partial charge is 0.267 e. The van der Waals surface area contributed by atoms with Crippen molar-refractivity contribution in [2.24, 2.45) is 0 Å². The van der Waals surface area contributed by atoms with Crippen LogP contribution in [-0.2, 0) is 14.3 Å². The zero-order valence-corrected chi connectivity index (χ0v) is 9.62. The molecule has 0 aliphatic carbocycles. The van der Waals surface area contributed by atoms with Crippen LogP contribution in [0.15, 0.2) is 35.7 Å². The molecule has 0 bridgehead atoms. The van der Waals surface area contributed by atoms with Crippen molar-refractivity contribution in [3.05, 3.63) is 41.3 Å². The van der Waals surface area contributed by atoms with Gasteiger partial charge < -0.3 is 0 Å². The molecule has 82 valence electrons. The van der Waals surface area contributed by atoms with Crippen molar-refractivity contribution < 1.29 is 12.6 Å². The molecule has 0 unspecified atom stereocenters. The van der Waals surface area contributed by atoms with Crippen molar-refractivity contribution in [1.29, 1.82) is 0 Å². The number of rotatable bonds is 4. The van der Waals surface area contributed by atoms with E-state index in [0.29, 0.717) is 5.57 Å². The second-order valence-corrected chi connectivity index (χ2v) is 4.52. The molecule has 0 radical (unpaired) electrons. The number of hydrogen-bond donors (Lipinski definition) is 0. The Bertz CT molecular complexity index is 432. The van der Waals surface area contributed by atoms with Crippen molar-refractivity contribution in [2.75, 3.05) is 6.61 Å². The quantitative estimate of drug-likeness (QED) is 0.740. The van der Waals surface area contributed by atoms with Gasteiger partial charge in [-0.1, -0.05) is 30.3 Å². The van der Waals surface area contributed by atoms with Gasteiger partial charge in [0.2, 0.25) is 0 Å². The Kier molecular flexibility index (Phi) is 4.05. The molecular formula is C11H14O3S. The van der Waals surface area contributed by atoms with Crippen molar-refractivity contribution in [2.45, 2.75) is 13.8 Å². The first-order chi connectivity index (χ1) is 7.05. The van der Waals surface area contributed by atoms with E-state index in [4.69, 9.17) is 0 Å². The molecular weight excluding hydrogens is 212 g/mol. The molecule has 1 aromatic rings. The average Bonchev–Trinajstić information content (AvgIpc) is 2.18. The molecule has 4 heteroatoms. The van der Waals surface area contributed by atoms with E-state index in [2.05, 4.69) is 4.18 Å². The summed E-state index contributed by atoms with van der Waals surface area (Å²) in [6.07, 6.45) is 0. The Morgan fingerprint density at radius 2 is 1.93 bits per heavy atom. The van der Waals surface area contributed by atoms with Crippen LogP contribution in [0.1, 0.15) is 19.4 Å². The average molecular weight is 226 g/mol. The molecule has 0 aliphatic rings. The third kappa shape index (κ3) is 3.85. The molecule has 0 aromatic heterocycles. The summed E-state index contributed by atoms with van der Waals surface area (Å²) in [5.74, 6) is 0. The summed E-state index contributed by atoms with van der Waals surface area (Å²) >= 11 is 0. The Morgan fingerprint density at radius 3 is 2.47 bits per heavy atom. The van der Waals surface area contributed by atoms with Crippen LogP contribution >= 0.6 is 0 Å². The minimum atomic E-state index is -3.54. The van der Waals surface area contributed by atoms with Crippen molar-refractivity contribution in [3.63, 3.8) is 0 Å². The van der Waals surface area contributed by atoms with Gasteiger partial charge in [0, 0.05) is 0 Å². The lowest BCUT2D eigenvalue weighted by Gasteiger charge is -2.02. The van der Waals surface area contributed by atoms with Crippen LogP contribution in [0.2, 0.25) is 0 Å². The molecule has 0 spiro atoms. The molecule has 3 nitrogen and oxygen atoms in total. The lowest BCUT2D eigenvalue weighted by molar-refractivity contribution is 0.345. The first-order valence-corrected chi connectivity index (χ1v) is 6.15. The second-order valence-electron chi connectivity index (χ2n) is 3.07. The highest BCUT2D eigenvalue weighted by atomic mass is 32.2. The number of allylic oxidation sites excluding steroid dienone is 1. The molecule has 0 fully saturated rings. The van der Waals surface area contributed by atoms with Gasteiger partial charge in [-0.25, -0.2) is 0 Å². The third-order valence-corrected chi connectivity index (χ3v) is 3.04. The normalized spacial score (nSPS) is 12.8. The van der Waals surface area contributed by atoms with E-state index in [-0.39, 0.29) is 6.61 Å². The molecule has 1 aromatic carbocycles. The zero-order valence-electron chi connectivity index (χ0n) is 8.80. The fraction of sp³-hybridized carbons (Fsp3) is 0.273. The van der Waals surface area contributed by atoms with E-state index in [1.165, 1.54) is 0 Å². The van der Waals surface area contributed by atoms with E-state index in [9.17, 15) is 8.42 Å². The van der Waals surface area contributed by atoms with Crippen molar-refractivity contribution >= 4 is 15.7 Å². The van der Waals surface area contributed by atoms with Crippen LogP contribution in [0, 0.1) is 0 Å². The molecule has 1 rings (SSSR count). The molecule has 0 saturated carbocycles. The topological polar surface area (TPSA) is 43.4 Å². The third-order valence-electron chi connectivity index (χ3n) is 1.83. The maximum absolute atomic E-state index is 11.3. The predicted octanol–water partition coefficient (Wildman–Crippen LogP) is 2.41. The Hall–Kier alpha value is -1.13. The maximum atomic E-state index is 11.3. The Labute approximate surface area is 90.5 Å². The van der Waals surface area contributed by atoms with Crippen molar-refractivity contribution in [1.82, 2.24) is 0 Å². The molecule has 0 saturated heterocycles. The van der Waals surface area contributed by atoms with Gasteiger partial charge in [-0.15, -0.1) is 0 Å². The monoisotopic (exact) mass is 226 g/mol. The summed E-state index contributed by atoms with van der Waals surface area (Å²) in [6.45, 7) is 3.54. The lowest BCUT2D eigenvalue weighted by Crippen LogP contribution is -2.01. The van der Waals surface area contributed by atoms with Crippen LogP contribution in [0.25, 0.3) is 5.57 Å². The predicted molar refractivity (Wildman–Crippen MR) is 60.6 cm³/mol. The van der Waals surface area contributed by atoms with E-state index in [0.717, 1.165) is 11.0 Å². The molecule has 0 aliphatic heterocycles. The van der Waals surface area contributed by atoms with Crippen LogP contribution < -0.4 is 0 Å². The van der Waals surface area contributed by atoms with Gasteiger partial charge in [-0.2, -0.15) is 8.42 Å². The first kappa shape index (κ1) is 11.9. The van der Waals surface area contributed by atoms with Crippen molar-refractivity contribution in [3.8, 4) is 0 Å². The van der Waals surface area contributed by atoms with E-state index < -0.39 is 10.1 Å². The minimum Gasteiger partial charge on any atom is -0.267 e. The first-order valence-electron chi connectivity index (χ1n) is 4.68. The van der Waals surface area contributed by atoms with Gasteiger partial charge in [0.25, 0.3) is 10.1 Å². The van der Waals surface area contributed by atoms with Crippen LogP contribution in [0.5, 0.6) is 0 Å². The maximum Gasteiger partial charge on any atom is 0.290 e. The SMILES string of the molecule is CCOS(=O)(=O)C=C(C)c1ccccc1. The van der Waals surface area contributed by atoms with Crippen LogP contribution in [0.4, 0.5) is 0 Å². The second kappa shape index (κ2) is 5.09. The zero-order chi connectivity index (χ0) is 11.3. The van der Waals surface area contributed by atoms with Gasteiger partial charge in [0.1, 0.15) is 0 Å². The summed E-state index contributed by atoms with van der Waals surface area (Å²) in [6, 6.07) is 9.31. The van der Waals surface area contributed by atoms with E-state index in [1.54, 1.807) is 13.8 Å². The minimum absolute atomic E-state index is 0.154. The van der Waals surface area contributed by atoms with E-state index >= 15 is 0 Å². The number of benzene rings is 1. The highest BCUT2D eigenvalue weighted by Gasteiger charge is 2.06. The summed E-state index contributed by atoms with van der Waals surface area (Å²) in [4.78, 5) is 0. The largest absolute Gasteiger partial charge is 0.290 e. The fourth-order valence-corrected chi connectivity index (χ4v) is 2.15. The molecule has 0 atom stereocenters. The Morgan fingerprint density at radius 1 is 1.33 bits per heavy atom. The molecule has 0 heterocycles. The standard InChI is InChI=1S/C11H14O3S/c1-3-14-15(12,13)9-10(2)11-7-5-4-6-8-11/h4-9H,3H2,1-2H3. The van der Waals surface area contributed by atoms with Crippen LogP contribution in [-0.4, -0.2) is 15.0 Å². The summed E-state index contributed by atoms with van der Waals surface area (Å²) < 4.78 is 27.2. The highest BCUT2D eigenvalue weighted by Crippen LogP contribution is 2.14. The van der Waals surface area contributed by atoms with Gasteiger partial charge in [0.15, 0.2) is 0 Å². The Balaban J connectivity index is 2.95. The van der Waals surface area contributed by atoms with Gasteiger partial charge >= 0.3 is 0 Å².